The molecule has 1 aliphatic heterocycles. The van der Waals surface area contributed by atoms with Gasteiger partial charge in [0.2, 0.25) is 0 Å². The number of alkyl halides is 1. The van der Waals surface area contributed by atoms with E-state index in [1.165, 1.54) is 18.2 Å². The van der Waals surface area contributed by atoms with Crippen LogP contribution in [0, 0.1) is 10.1 Å². The topological polar surface area (TPSA) is 107 Å². The zero-order chi connectivity index (χ0) is 24.3. The second-order valence-corrected chi connectivity index (χ2v) is 11.2. The standard InChI is InChI=1S/C24H21IN2O6S/c25-19-16-26(34(31,32)22-14-8-7-13-20(22)27(29)30)21(15-17-9-3-1-4-10-17)24(28)33-23(19)18-11-5-2-6-12-18/h1-14,19,21,23H,15-16H2/t19-,21-,23+/m0/s1. The van der Waals surface area contributed by atoms with Gasteiger partial charge in [-0.2, -0.15) is 4.31 Å². The predicted molar refractivity (Wildman–Crippen MR) is 134 cm³/mol. The average Bonchev–Trinajstić information content (AvgIpc) is 2.97. The Balaban J connectivity index is 1.81. The van der Waals surface area contributed by atoms with Crippen molar-refractivity contribution >= 4 is 44.3 Å². The predicted octanol–water partition coefficient (Wildman–Crippen LogP) is 4.30. The Morgan fingerprint density at radius 3 is 2.21 bits per heavy atom. The van der Waals surface area contributed by atoms with Crippen molar-refractivity contribution in [3.8, 4) is 0 Å². The SMILES string of the molecule is O=C1O[C@H](c2ccccc2)[C@@H](I)CN(S(=O)(=O)c2ccccc2[N+](=O)[O-])[C@H]1Cc1ccccc1. The van der Waals surface area contributed by atoms with Gasteiger partial charge in [-0.25, -0.2) is 8.42 Å². The smallest absolute Gasteiger partial charge is 0.325 e. The Morgan fingerprint density at radius 1 is 0.971 bits per heavy atom. The highest BCUT2D eigenvalue weighted by Gasteiger charge is 2.45. The van der Waals surface area contributed by atoms with E-state index in [1.54, 1.807) is 24.3 Å². The monoisotopic (exact) mass is 592 g/mol. The molecule has 0 spiro atoms. The summed E-state index contributed by atoms with van der Waals surface area (Å²) >= 11 is 2.08. The van der Waals surface area contributed by atoms with Crippen LogP contribution in [0.5, 0.6) is 0 Å². The molecule has 8 nitrogen and oxygen atoms in total. The highest BCUT2D eigenvalue weighted by Crippen LogP contribution is 2.36. The van der Waals surface area contributed by atoms with E-state index in [0.29, 0.717) is 0 Å². The minimum Gasteiger partial charge on any atom is -0.455 e. The molecule has 0 aliphatic carbocycles. The number of carbonyl (C=O) groups excluding carboxylic acids is 1. The van der Waals surface area contributed by atoms with E-state index < -0.39 is 47.6 Å². The summed E-state index contributed by atoms with van der Waals surface area (Å²) in [6.45, 7) is -0.0578. The van der Waals surface area contributed by atoms with E-state index in [9.17, 15) is 23.3 Å². The Morgan fingerprint density at radius 2 is 1.56 bits per heavy atom. The fourth-order valence-electron chi connectivity index (χ4n) is 3.95. The molecule has 0 saturated carbocycles. The van der Waals surface area contributed by atoms with Gasteiger partial charge in [-0.1, -0.05) is 95.4 Å². The van der Waals surface area contributed by atoms with Gasteiger partial charge in [0.15, 0.2) is 4.90 Å². The molecule has 1 heterocycles. The number of para-hydroxylation sites is 1. The van der Waals surface area contributed by atoms with Crippen LogP contribution in [-0.4, -0.2) is 40.1 Å². The van der Waals surface area contributed by atoms with E-state index >= 15 is 0 Å². The normalized spacial score (nSPS) is 21.4. The molecule has 0 radical (unpaired) electrons. The van der Waals surface area contributed by atoms with Crippen LogP contribution in [0.3, 0.4) is 0 Å². The van der Waals surface area contributed by atoms with Gasteiger partial charge >= 0.3 is 5.97 Å². The molecule has 3 atom stereocenters. The number of ether oxygens (including phenoxy) is 1. The number of cyclic esters (lactones) is 1. The lowest BCUT2D eigenvalue weighted by Gasteiger charge is -2.27. The minimum atomic E-state index is -4.42. The summed E-state index contributed by atoms with van der Waals surface area (Å²) in [5, 5.41) is 11.6. The highest BCUT2D eigenvalue weighted by molar-refractivity contribution is 14.1. The summed E-state index contributed by atoms with van der Waals surface area (Å²) in [7, 11) is -4.42. The first-order chi connectivity index (χ1) is 16.3. The number of rotatable bonds is 6. The molecule has 0 amide bonds. The van der Waals surface area contributed by atoms with Crippen LogP contribution in [0.4, 0.5) is 5.69 Å². The van der Waals surface area contributed by atoms with Crippen molar-refractivity contribution in [2.24, 2.45) is 0 Å². The maximum Gasteiger partial charge on any atom is 0.325 e. The minimum absolute atomic E-state index is 0.0578. The lowest BCUT2D eigenvalue weighted by atomic mass is 10.1. The van der Waals surface area contributed by atoms with Crippen LogP contribution in [-0.2, 0) is 26.0 Å². The van der Waals surface area contributed by atoms with Gasteiger partial charge in [0.1, 0.15) is 12.1 Å². The van der Waals surface area contributed by atoms with Gasteiger partial charge < -0.3 is 4.74 Å². The number of halogens is 1. The van der Waals surface area contributed by atoms with Crippen molar-refractivity contribution in [3.63, 3.8) is 0 Å². The average molecular weight is 592 g/mol. The lowest BCUT2D eigenvalue weighted by molar-refractivity contribution is -0.387. The first-order valence-electron chi connectivity index (χ1n) is 10.5. The van der Waals surface area contributed by atoms with E-state index in [1.807, 2.05) is 36.4 Å². The molecule has 0 unspecified atom stereocenters. The van der Waals surface area contributed by atoms with Crippen LogP contribution >= 0.6 is 22.6 Å². The second-order valence-electron chi connectivity index (χ2n) is 7.79. The van der Waals surface area contributed by atoms with Gasteiger partial charge in [0.25, 0.3) is 15.7 Å². The summed E-state index contributed by atoms with van der Waals surface area (Å²) in [6, 6.07) is 22.1. The number of hydrogen-bond donors (Lipinski definition) is 0. The Hall–Kier alpha value is -2.83. The lowest BCUT2D eigenvalue weighted by Crippen LogP contribution is -2.47. The van der Waals surface area contributed by atoms with Crippen LogP contribution in [0.15, 0.2) is 89.8 Å². The largest absolute Gasteiger partial charge is 0.455 e. The number of nitro groups is 1. The summed E-state index contributed by atoms with van der Waals surface area (Å²) < 4.78 is 34.1. The van der Waals surface area contributed by atoms with Crippen LogP contribution in [0.25, 0.3) is 0 Å². The molecule has 0 aromatic heterocycles. The van der Waals surface area contributed by atoms with Gasteiger partial charge in [-0.15, -0.1) is 0 Å². The number of benzene rings is 3. The molecule has 0 bridgehead atoms. The van der Waals surface area contributed by atoms with Crippen LogP contribution in [0.1, 0.15) is 17.2 Å². The van der Waals surface area contributed by atoms with Crippen LogP contribution < -0.4 is 0 Å². The van der Waals surface area contributed by atoms with E-state index in [0.717, 1.165) is 21.5 Å². The van der Waals surface area contributed by atoms with E-state index in [-0.39, 0.29) is 13.0 Å². The molecule has 3 aromatic carbocycles. The zero-order valence-electron chi connectivity index (χ0n) is 17.9. The third-order valence-corrected chi connectivity index (χ3v) is 8.56. The maximum absolute atomic E-state index is 13.8. The first-order valence-corrected chi connectivity index (χ1v) is 13.2. The van der Waals surface area contributed by atoms with Gasteiger partial charge in [0.05, 0.1) is 8.85 Å². The summed E-state index contributed by atoms with van der Waals surface area (Å²) in [5.74, 6) is -0.695. The fourth-order valence-corrected chi connectivity index (χ4v) is 6.97. The van der Waals surface area contributed by atoms with Crippen molar-refractivity contribution in [2.75, 3.05) is 6.54 Å². The molecule has 176 valence electrons. The van der Waals surface area contributed by atoms with Gasteiger partial charge in [-0.3, -0.25) is 14.9 Å². The second kappa shape index (κ2) is 10.2. The molecule has 3 aromatic rings. The molecule has 34 heavy (non-hydrogen) atoms. The molecule has 1 aliphatic rings. The van der Waals surface area contributed by atoms with Crippen molar-refractivity contribution in [1.82, 2.24) is 4.31 Å². The first kappa shape index (κ1) is 24.3. The van der Waals surface area contributed by atoms with E-state index in [2.05, 4.69) is 22.6 Å². The van der Waals surface area contributed by atoms with E-state index in [4.69, 9.17) is 4.74 Å². The molecule has 4 rings (SSSR count). The summed E-state index contributed by atoms with van der Waals surface area (Å²) in [5.41, 5.74) is 0.956. The molecule has 10 heteroatoms. The molecule has 1 fully saturated rings. The molecule has 0 N–H and O–H groups in total. The summed E-state index contributed by atoms with van der Waals surface area (Å²) in [4.78, 5) is 23.8. The third-order valence-electron chi connectivity index (χ3n) is 5.59. The Kier molecular flexibility index (Phi) is 7.29. The van der Waals surface area contributed by atoms with Crippen molar-refractivity contribution in [2.45, 2.75) is 27.4 Å². The van der Waals surface area contributed by atoms with Crippen molar-refractivity contribution in [1.29, 1.82) is 0 Å². The summed E-state index contributed by atoms with van der Waals surface area (Å²) in [6.07, 6.45) is -0.594. The number of hydrogen-bond acceptors (Lipinski definition) is 6. The number of esters is 1. The van der Waals surface area contributed by atoms with Crippen molar-refractivity contribution in [3.05, 3.63) is 106 Å². The molecular formula is C24H21IN2O6S. The Labute approximate surface area is 210 Å². The number of nitro benzene ring substituents is 1. The van der Waals surface area contributed by atoms with Gasteiger partial charge in [0, 0.05) is 12.6 Å². The Bertz CT molecular complexity index is 1290. The zero-order valence-corrected chi connectivity index (χ0v) is 20.8. The third kappa shape index (κ3) is 4.98. The molecular weight excluding hydrogens is 571 g/mol. The van der Waals surface area contributed by atoms with Crippen molar-refractivity contribution < 1.29 is 22.9 Å². The van der Waals surface area contributed by atoms with Crippen LogP contribution in [0.2, 0.25) is 0 Å². The number of sulfonamides is 1. The molecule has 1 saturated heterocycles. The fraction of sp³-hybridized carbons (Fsp3) is 0.208. The highest BCUT2D eigenvalue weighted by atomic mass is 127. The maximum atomic E-state index is 13.8. The number of carbonyl (C=O) groups is 1. The van der Waals surface area contributed by atoms with Gasteiger partial charge in [-0.05, 0) is 23.6 Å². The quantitative estimate of drug-likeness (QED) is 0.139. The number of nitrogens with zero attached hydrogens (tertiary/aromatic N) is 2.